The molecule has 3 rings (SSSR count). The SMILES string of the molecule is COCc1c(C(=O)Nc2ccc(OC(C)C)cc2)sc2cccc(F)c12. The predicted molar refractivity (Wildman–Crippen MR) is 103 cm³/mol. The van der Waals surface area contributed by atoms with Crippen molar-refractivity contribution in [2.75, 3.05) is 12.4 Å². The topological polar surface area (TPSA) is 47.6 Å². The highest BCUT2D eigenvalue weighted by Gasteiger charge is 2.20. The Hall–Kier alpha value is -2.44. The van der Waals surface area contributed by atoms with Gasteiger partial charge in [0.1, 0.15) is 11.6 Å². The molecule has 0 saturated heterocycles. The summed E-state index contributed by atoms with van der Waals surface area (Å²) in [6.45, 7) is 4.08. The highest BCUT2D eigenvalue weighted by atomic mass is 32.1. The van der Waals surface area contributed by atoms with E-state index in [-0.39, 0.29) is 24.4 Å². The summed E-state index contributed by atoms with van der Waals surface area (Å²) in [7, 11) is 1.53. The second-order valence-corrected chi connectivity index (χ2v) is 7.15. The maximum absolute atomic E-state index is 14.2. The number of benzene rings is 2. The zero-order valence-corrected chi connectivity index (χ0v) is 15.7. The summed E-state index contributed by atoms with van der Waals surface area (Å²) in [6, 6.07) is 12.0. The minimum Gasteiger partial charge on any atom is -0.491 e. The van der Waals surface area contributed by atoms with Crippen molar-refractivity contribution in [3.05, 3.63) is 58.7 Å². The molecule has 1 N–H and O–H groups in total. The van der Waals surface area contributed by atoms with Crippen LogP contribution in [-0.4, -0.2) is 19.1 Å². The normalized spacial score (nSPS) is 11.1. The molecule has 0 unspecified atom stereocenters. The summed E-state index contributed by atoms with van der Waals surface area (Å²) in [5.41, 5.74) is 1.22. The summed E-state index contributed by atoms with van der Waals surface area (Å²) in [6.07, 6.45) is 0.0838. The second-order valence-electron chi connectivity index (χ2n) is 6.10. The number of amides is 1. The first-order chi connectivity index (χ1) is 12.5. The van der Waals surface area contributed by atoms with Gasteiger partial charge in [0.25, 0.3) is 5.91 Å². The van der Waals surface area contributed by atoms with Crippen LogP contribution in [0.25, 0.3) is 10.1 Å². The molecule has 0 aliphatic carbocycles. The third kappa shape index (κ3) is 3.86. The van der Waals surface area contributed by atoms with Crippen molar-refractivity contribution in [3.8, 4) is 5.75 Å². The fourth-order valence-corrected chi connectivity index (χ4v) is 3.83. The van der Waals surface area contributed by atoms with Gasteiger partial charge in [-0.25, -0.2) is 4.39 Å². The monoisotopic (exact) mass is 373 g/mol. The molecule has 0 spiro atoms. The number of methoxy groups -OCH3 is 1. The van der Waals surface area contributed by atoms with Crippen molar-refractivity contribution in [1.29, 1.82) is 0 Å². The average Bonchev–Trinajstić information content (AvgIpc) is 2.97. The van der Waals surface area contributed by atoms with Gasteiger partial charge in [-0.3, -0.25) is 4.79 Å². The Bertz CT molecular complexity index is 919. The van der Waals surface area contributed by atoms with Gasteiger partial charge in [-0.1, -0.05) is 6.07 Å². The number of nitrogens with one attached hydrogen (secondary N) is 1. The smallest absolute Gasteiger partial charge is 0.266 e. The Morgan fingerprint density at radius 3 is 2.58 bits per heavy atom. The summed E-state index contributed by atoms with van der Waals surface area (Å²) in [4.78, 5) is 13.2. The minimum atomic E-state index is -0.347. The van der Waals surface area contributed by atoms with Crippen LogP contribution >= 0.6 is 11.3 Å². The Kier molecular flexibility index (Phi) is 5.54. The van der Waals surface area contributed by atoms with Crippen LogP contribution in [0.3, 0.4) is 0 Å². The van der Waals surface area contributed by atoms with Crippen LogP contribution in [0.2, 0.25) is 0 Å². The van der Waals surface area contributed by atoms with Crippen LogP contribution in [0.5, 0.6) is 5.75 Å². The first-order valence-electron chi connectivity index (χ1n) is 8.26. The Morgan fingerprint density at radius 2 is 1.92 bits per heavy atom. The second kappa shape index (κ2) is 7.85. The van der Waals surface area contributed by atoms with E-state index in [0.717, 1.165) is 10.4 Å². The summed E-state index contributed by atoms with van der Waals surface area (Å²) < 4.78 is 25.7. The zero-order valence-electron chi connectivity index (χ0n) is 14.8. The van der Waals surface area contributed by atoms with E-state index in [4.69, 9.17) is 9.47 Å². The summed E-state index contributed by atoms with van der Waals surface area (Å²) in [5, 5.41) is 3.31. The lowest BCUT2D eigenvalue weighted by Gasteiger charge is -2.11. The Balaban J connectivity index is 1.88. The van der Waals surface area contributed by atoms with Crippen molar-refractivity contribution >= 4 is 33.0 Å². The van der Waals surface area contributed by atoms with Gasteiger partial charge in [0.15, 0.2) is 0 Å². The number of ether oxygens (including phenoxy) is 2. The number of carbonyl (C=O) groups excluding carboxylic acids is 1. The molecule has 0 aliphatic heterocycles. The number of fused-ring (bicyclic) bond motifs is 1. The fourth-order valence-electron chi connectivity index (χ4n) is 2.71. The molecular weight excluding hydrogens is 353 g/mol. The van der Waals surface area contributed by atoms with Crippen LogP contribution in [0.15, 0.2) is 42.5 Å². The minimum absolute atomic E-state index is 0.0838. The lowest BCUT2D eigenvalue weighted by atomic mass is 10.1. The van der Waals surface area contributed by atoms with E-state index in [9.17, 15) is 9.18 Å². The van der Waals surface area contributed by atoms with Gasteiger partial charge in [0.05, 0.1) is 17.6 Å². The maximum atomic E-state index is 14.2. The van der Waals surface area contributed by atoms with E-state index in [1.54, 1.807) is 36.4 Å². The number of thiophene rings is 1. The molecule has 3 aromatic rings. The molecular formula is C20H20FNO3S. The van der Waals surface area contributed by atoms with E-state index in [1.807, 2.05) is 13.8 Å². The summed E-state index contributed by atoms with van der Waals surface area (Å²) >= 11 is 1.26. The van der Waals surface area contributed by atoms with Crippen LogP contribution in [0, 0.1) is 5.82 Å². The summed E-state index contributed by atoms with van der Waals surface area (Å²) in [5.74, 6) is 0.109. The number of hydrogen-bond acceptors (Lipinski definition) is 4. The molecule has 0 bridgehead atoms. The maximum Gasteiger partial charge on any atom is 0.266 e. The highest BCUT2D eigenvalue weighted by molar-refractivity contribution is 7.21. The van der Waals surface area contributed by atoms with E-state index >= 15 is 0 Å². The van der Waals surface area contributed by atoms with Crippen molar-refractivity contribution in [2.24, 2.45) is 0 Å². The Labute approximate surface area is 155 Å². The van der Waals surface area contributed by atoms with Crippen LogP contribution in [0.4, 0.5) is 10.1 Å². The van der Waals surface area contributed by atoms with Gasteiger partial charge < -0.3 is 14.8 Å². The first-order valence-corrected chi connectivity index (χ1v) is 9.08. The molecule has 0 fully saturated rings. The molecule has 0 atom stereocenters. The van der Waals surface area contributed by atoms with Gasteiger partial charge in [-0.2, -0.15) is 0 Å². The average molecular weight is 373 g/mol. The molecule has 0 saturated carbocycles. The zero-order chi connectivity index (χ0) is 18.7. The fraction of sp³-hybridized carbons (Fsp3) is 0.250. The third-order valence-electron chi connectivity index (χ3n) is 3.74. The van der Waals surface area contributed by atoms with Gasteiger partial charge in [0, 0.05) is 28.4 Å². The van der Waals surface area contributed by atoms with Crippen molar-refractivity contribution in [2.45, 2.75) is 26.6 Å². The first kappa shape index (κ1) is 18.4. The molecule has 0 aliphatic rings. The molecule has 1 aromatic heterocycles. The molecule has 26 heavy (non-hydrogen) atoms. The quantitative estimate of drug-likeness (QED) is 0.644. The number of hydrogen-bond donors (Lipinski definition) is 1. The standard InChI is InChI=1S/C20H20FNO3S/c1-12(2)25-14-9-7-13(8-10-14)22-20(23)19-15(11-24-3)18-16(21)5-4-6-17(18)26-19/h4-10,12H,11H2,1-3H3,(H,22,23). The lowest BCUT2D eigenvalue weighted by Crippen LogP contribution is -2.12. The van der Waals surface area contributed by atoms with Crippen molar-refractivity contribution in [3.63, 3.8) is 0 Å². The molecule has 136 valence electrons. The van der Waals surface area contributed by atoms with Crippen molar-refractivity contribution in [1.82, 2.24) is 0 Å². The molecule has 0 radical (unpaired) electrons. The number of halogens is 1. The van der Waals surface area contributed by atoms with E-state index < -0.39 is 0 Å². The van der Waals surface area contributed by atoms with Gasteiger partial charge >= 0.3 is 0 Å². The van der Waals surface area contributed by atoms with Crippen LogP contribution < -0.4 is 10.1 Å². The van der Waals surface area contributed by atoms with Crippen molar-refractivity contribution < 1.29 is 18.7 Å². The molecule has 1 heterocycles. The molecule has 1 amide bonds. The number of rotatable bonds is 6. The largest absolute Gasteiger partial charge is 0.491 e. The Morgan fingerprint density at radius 1 is 1.19 bits per heavy atom. The molecule has 4 nitrogen and oxygen atoms in total. The number of anilines is 1. The van der Waals surface area contributed by atoms with E-state index in [0.29, 0.717) is 21.5 Å². The van der Waals surface area contributed by atoms with Gasteiger partial charge in [0.2, 0.25) is 0 Å². The van der Waals surface area contributed by atoms with Crippen LogP contribution in [-0.2, 0) is 11.3 Å². The van der Waals surface area contributed by atoms with Crippen LogP contribution in [0.1, 0.15) is 29.1 Å². The van der Waals surface area contributed by atoms with Gasteiger partial charge in [-0.15, -0.1) is 11.3 Å². The molecule has 2 aromatic carbocycles. The predicted octanol–water partition coefficient (Wildman–Crippen LogP) is 5.23. The third-order valence-corrected chi connectivity index (χ3v) is 4.94. The van der Waals surface area contributed by atoms with E-state index in [2.05, 4.69) is 5.32 Å². The van der Waals surface area contributed by atoms with Gasteiger partial charge in [-0.05, 0) is 50.2 Å². The molecule has 6 heteroatoms. The number of carbonyl (C=O) groups is 1. The van der Waals surface area contributed by atoms with E-state index in [1.165, 1.54) is 24.5 Å². The highest BCUT2D eigenvalue weighted by Crippen LogP contribution is 2.34. The lowest BCUT2D eigenvalue weighted by molar-refractivity contribution is 0.102.